The van der Waals surface area contributed by atoms with Crippen LogP contribution in [0.4, 0.5) is 0 Å². The molecule has 1 nitrogen and oxygen atoms in total. The van der Waals surface area contributed by atoms with Crippen LogP contribution in [0, 0.1) is 0 Å². The zero-order valence-corrected chi connectivity index (χ0v) is 6.43. The van der Waals surface area contributed by atoms with Gasteiger partial charge >= 0.3 is 0 Å². The summed E-state index contributed by atoms with van der Waals surface area (Å²) in [5, 5.41) is 0. The van der Waals surface area contributed by atoms with Gasteiger partial charge in [0.25, 0.3) is 0 Å². The molecule has 0 spiro atoms. The molecule has 0 bridgehead atoms. The Hall–Kier alpha value is -0.590. The van der Waals surface area contributed by atoms with Crippen LogP contribution in [0.3, 0.4) is 0 Å². The second kappa shape index (κ2) is 4.30. The Morgan fingerprint density at radius 2 is 2.22 bits per heavy atom. The molecule has 1 atom stereocenters. The van der Waals surface area contributed by atoms with Crippen LogP contribution in [0.15, 0.2) is 12.7 Å². The fourth-order valence-electron chi connectivity index (χ4n) is 0.579. The predicted molar refractivity (Wildman–Crippen MR) is 42.2 cm³/mol. The van der Waals surface area contributed by atoms with E-state index in [0.717, 1.165) is 12.8 Å². The monoisotopic (exact) mass is 126 g/mol. The maximum atomic E-state index is 3.79. The van der Waals surface area contributed by atoms with Gasteiger partial charge in [-0.15, -0.1) is 6.58 Å². The van der Waals surface area contributed by atoms with E-state index in [9.17, 15) is 0 Å². The summed E-state index contributed by atoms with van der Waals surface area (Å²) in [5.41, 5.74) is 0. The van der Waals surface area contributed by atoms with Gasteiger partial charge in [0.05, 0.1) is 0 Å². The van der Waals surface area contributed by atoms with E-state index >= 15 is 0 Å². The van der Waals surface area contributed by atoms with Crippen molar-refractivity contribution in [1.29, 1.82) is 0 Å². The highest BCUT2D eigenvalue weighted by Gasteiger charge is 2.04. The van der Waals surface area contributed by atoms with Gasteiger partial charge in [0.2, 0.25) is 0 Å². The van der Waals surface area contributed by atoms with Gasteiger partial charge in [-0.05, 0) is 13.3 Å². The van der Waals surface area contributed by atoms with Crippen LogP contribution in [0.25, 0.3) is 0 Å². The predicted octanol–water partition coefficient (Wildman–Crippen LogP) is 1.68. The van der Waals surface area contributed by atoms with Gasteiger partial charge in [-0.25, -0.2) is 4.58 Å². The van der Waals surface area contributed by atoms with Crippen LogP contribution >= 0.6 is 0 Å². The highest BCUT2D eigenvalue weighted by Crippen LogP contribution is 1.98. The molecule has 52 valence electrons. The van der Waals surface area contributed by atoms with E-state index in [4.69, 9.17) is 0 Å². The first kappa shape index (κ1) is 8.41. The van der Waals surface area contributed by atoms with Crippen molar-refractivity contribution in [2.24, 2.45) is 0 Å². The van der Waals surface area contributed by atoms with Crippen molar-refractivity contribution >= 4 is 6.72 Å². The smallest absolute Gasteiger partial charge is 0.149 e. The Morgan fingerprint density at radius 3 is 2.56 bits per heavy atom. The minimum Gasteiger partial charge on any atom is -0.243 e. The van der Waals surface area contributed by atoms with E-state index in [1.807, 2.05) is 17.7 Å². The highest BCUT2D eigenvalue weighted by molar-refractivity contribution is 5.14. The molecule has 9 heavy (non-hydrogen) atoms. The molecule has 0 rings (SSSR count). The molecule has 0 aliphatic heterocycles. The Morgan fingerprint density at radius 1 is 1.67 bits per heavy atom. The first-order chi connectivity index (χ1) is 4.18. The van der Waals surface area contributed by atoms with Gasteiger partial charge in [-0.3, -0.25) is 0 Å². The summed E-state index contributed by atoms with van der Waals surface area (Å²) in [6, 6.07) is 0.572. The fraction of sp³-hybridized carbons (Fsp3) is 0.625. The second-order valence-electron chi connectivity index (χ2n) is 2.47. The number of hydrogen-bond donors (Lipinski definition) is 0. The van der Waals surface area contributed by atoms with E-state index in [-0.39, 0.29) is 0 Å². The standard InChI is InChI=1S/C8H16N/c1-5-6-7-8(2)9(3)4/h5,8H,1,3,6-7H2,2,4H3/q+1. The minimum atomic E-state index is 0.572. The van der Waals surface area contributed by atoms with Crippen molar-refractivity contribution in [3.8, 4) is 0 Å². The third-order valence-electron chi connectivity index (χ3n) is 1.54. The van der Waals surface area contributed by atoms with Crippen LogP contribution in [0.5, 0.6) is 0 Å². The lowest BCUT2D eigenvalue weighted by Crippen LogP contribution is -2.16. The molecule has 0 aromatic carbocycles. The third kappa shape index (κ3) is 3.95. The van der Waals surface area contributed by atoms with Crippen LogP contribution in [0.1, 0.15) is 19.8 Å². The van der Waals surface area contributed by atoms with Gasteiger partial charge < -0.3 is 0 Å². The molecule has 0 N–H and O–H groups in total. The summed E-state index contributed by atoms with van der Waals surface area (Å²) in [7, 11) is 1.99. The number of allylic oxidation sites excluding steroid dienone is 1. The normalized spacial score (nSPS) is 12.7. The third-order valence-corrected chi connectivity index (χ3v) is 1.54. The summed E-state index contributed by atoms with van der Waals surface area (Å²) < 4.78 is 1.98. The van der Waals surface area contributed by atoms with Gasteiger partial charge in [0.15, 0.2) is 0 Å². The summed E-state index contributed by atoms with van der Waals surface area (Å²) in [5.74, 6) is 0. The van der Waals surface area contributed by atoms with Gasteiger partial charge in [0.1, 0.15) is 19.8 Å². The molecule has 0 aromatic rings. The van der Waals surface area contributed by atoms with Crippen LogP contribution in [0.2, 0.25) is 0 Å². The van der Waals surface area contributed by atoms with Crippen LogP contribution in [-0.2, 0) is 0 Å². The first-order valence-electron chi connectivity index (χ1n) is 3.32. The van der Waals surface area contributed by atoms with E-state index in [0.29, 0.717) is 6.04 Å². The molecule has 0 aliphatic rings. The molecule has 0 heterocycles. The number of hydrogen-bond acceptors (Lipinski definition) is 0. The van der Waals surface area contributed by atoms with Crippen molar-refractivity contribution in [3.05, 3.63) is 12.7 Å². The molecule has 0 fully saturated rings. The van der Waals surface area contributed by atoms with Crippen LogP contribution in [-0.4, -0.2) is 24.4 Å². The zero-order chi connectivity index (χ0) is 7.28. The quantitative estimate of drug-likeness (QED) is 0.306. The summed E-state index contributed by atoms with van der Waals surface area (Å²) >= 11 is 0. The maximum Gasteiger partial charge on any atom is 0.149 e. The Balaban J connectivity index is 3.37. The summed E-state index contributed by atoms with van der Waals surface area (Å²) in [6.45, 7) is 9.61. The second-order valence-corrected chi connectivity index (χ2v) is 2.47. The lowest BCUT2D eigenvalue weighted by molar-refractivity contribution is -0.526. The zero-order valence-electron chi connectivity index (χ0n) is 6.43. The Kier molecular flexibility index (Phi) is 4.02. The van der Waals surface area contributed by atoms with Gasteiger partial charge in [0, 0.05) is 6.42 Å². The average Bonchev–Trinajstić information content (AvgIpc) is 1.82. The van der Waals surface area contributed by atoms with Crippen molar-refractivity contribution in [3.63, 3.8) is 0 Å². The van der Waals surface area contributed by atoms with Crippen molar-refractivity contribution in [2.75, 3.05) is 7.05 Å². The molecule has 0 aliphatic carbocycles. The first-order valence-corrected chi connectivity index (χ1v) is 3.32. The SMILES string of the molecule is C=CCCC(C)[N+](=C)C. The van der Waals surface area contributed by atoms with E-state index < -0.39 is 0 Å². The summed E-state index contributed by atoms with van der Waals surface area (Å²) in [4.78, 5) is 0. The van der Waals surface area contributed by atoms with Crippen LogP contribution < -0.4 is 0 Å². The van der Waals surface area contributed by atoms with Crippen molar-refractivity contribution < 1.29 is 4.58 Å². The minimum absolute atomic E-state index is 0.572. The number of rotatable bonds is 4. The van der Waals surface area contributed by atoms with E-state index in [1.54, 1.807) is 0 Å². The summed E-state index contributed by atoms with van der Waals surface area (Å²) in [6.07, 6.45) is 4.19. The molecule has 0 radical (unpaired) electrons. The lowest BCUT2D eigenvalue weighted by atomic mass is 10.2. The molecular formula is C8H16N+. The largest absolute Gasteiger partial charge is 0.243 e. The lowest BCUT2D eigenvalue weighted by Gasteiger charge is -2.02. The molecule has 0 aromatic heterocycles. The molecular weight excluding hydrogens is 110 g/mol. The fourth-order valence-corrected chi connectivity index (χ4v) is 0.579. The molecule has 1 unspecified atom stereocenters. The molecule has 0 amide bonds. The Labute approximate surface area is 57.7 Å². The Bertz CT molecular complexity index is 105. The molecule has 1 heteroatoms. The topological polar surface area (TPSA) is 3.01 Å². The highest BCUT2D eigenvalue weighted by atomic mass is 15.0. The molecule has 0 saturated carbocycles. The number of nitrogens with zero attached hydrogens (tertiary/aromatic N) is 1. The van der Waals surface area contributed by atoms with E-state index in [1.165, 1.54) is 0 Å². The molecule has 0 saturated heterocycles. The maximum absolute atomic E-state index is 3.79. The van der Waals surface area contributed by atoms with Gasteiger partial charge in [-0.1, -0.05) is 6.08 Å². The average molecular weight is 126 g/mol. The van der Waals surface area contributed by atoms with Gasteiger partial charge in [-0.2, -0.15) is 0 Å². The van der Waals surface area contributed by atoms with E-state index in [2.05, 4.69) is 20.2 Å². The van der Waals surface area contributed by atoms with Crippen molar-refractivity contribution in [1.82, 2.24) is 0 Å². The van der Waals surface area contributed by atoms with Crippen molar-refractivity contribution in [2.45, 2.75) is 25.8 Å².